The largest absolute Gasteiger partial charge is 0.425 e. The molecule has 0 saturated carbocycles. The van der Waals surface area contributed by atoms with Crippen molar-refractivity contribution in [1.82, 2.24) is 0 Å². The maximum Gasteiger partial charge on any atom is 0.199 e. The van der Waals surface area contributed by atoms with E-state index < -0.39 is 0 Å². The van der Waals surface area contributed by atoms with Gasteiger partial charge in [-0.2, -0.15) is 0 Å². The molecular formula is C16H14N2O. The lowest BCUT2D eigenvalue weighted by Crippen LogP contribution is -1.88. The van der Waals surface area contributed by atoms with E-state index in [1.165, 1.54) is 0 Å². The standard InChI is InChI=1S/C16H14N2O/c1-3-7-13(8-4-1)17-15-11-12-16(19-15)18-14-9-5-2-6-10-14/h1-12,17-18H. The van der Waals surface area contributed by atoms with Crippen LogP contribution in [0.25, 0.3) is 0 Å². The molecule has 3 rings (SSSR count). The average molecular weight is 250 g/mol. The van der Waals surface area contributed by atoms with Crippen LogP contribution in [0.1, 0.15) is 0 Å². The molecule has 0 spiro atoms. The summed E-state index contributed by atoms with van der Waals surface area (Å²) >= 11 is 0. The van der Waals surface area contributed by atoms with E-state index in [-0.39, 0.29) is 0 Å². The molecule has 0 aliphatic rings. The van der Waals surface area contributed by atoms with Gasteiger partial charge in [0.05, 0.1) is 0 Å². The molecule has 3 heteroatoms. The highest BCUT2D eigenvalue weighted by atomic mass is 16.4. The van der Waals surface area contributed by atoms with Crippen molar-refractivity contribution in [2.24, 2.45) is 0 Å². The Morgan fingerprint density at radius 3 is 1.37 bits per heavy atom. The van der Waals surface area contributed by atoms with Gasteiger partial charge in [0.2, 0.25) is 0 Å². The average Bonchev–Trinajstić information content (AvgIpc) is 2.88. The third kappa shape index (κ3) is 2.96. The zero-order valence-electron chi connectivity index (χ0n) is 10.3. The first-order valence-corrected chi connectivity index (χ1v) is 6.14. The molecule has 0 fully saturated rings. The first-order chi connectivity index (χ1) is 9.40. The van der Waals surface area contributed by atoms with Crippen LogP contribution in [0.15, 0.2) is 77.2 Å². The van der Waals surface area contributed by atoms with Crippen LogP contribution >= 0.6 is 0 Å². The second-order valence-electron chi connectivity index (χ2n) is 4.15. The van der Waals surface area contributed by atoms with Gasteiger partial charge in [0.1, 0.15) is 0 Å². The number of furan rings is 1. The summed E-state index contributed by atoms with van der Waals surface area (Å²) in [5.41, 5.74) is 2.01. The number of hydrogen-bond donors (Lipinski definition) is 2. The van der Waals surface area contributed by atoms with Gasteiger partial charge < -0.3 is 15.1 Å². The highest BCUT2D eigenvalue weighted by molar-refractivity contribution is 5.60. The van der Waals surface area contributed by atoms with Crippen LogP contribution in [0, 0.1) is 0 Å². The van der Waals surface area contributed by atoms with Gasteiger partial charge in [-0.05, 0) is 24.3 Å². The SMILES string of the molecule is c1ccc(Nc2ccc(Nc3ccccc3)o2)cc1. The van der Waals surface area contributed by atoms with E-state index in [0.29, 0.717) is 11.8 Å². The van der Waals surface area contributed by atoms with E-state index in [4.69, 9.17) is 4.42 Å². The first-order valence-electron chi connectivity index (χ1n) is 6.14. The van der Waals surface area contributed by atoms with Gasteiger partial charge in [0, 0.05) is 23.5 Å². The van der Waals surface area contributed by atoms with Gasteiger partial charge in [0.25, 0.3) is 0 Å². The minimum atomic E-state index is 0.713. The monoisotopic (exact) mass is 250 g/mol. The number of hydrogen-bond acceptors (Lipinski definition) is 3. The highest BCUT2D eigenvalue weighted by Gasteiger charge is 2.02. The van der Waals surface area contributed by atoms with E-state index >= 15 is 0 Å². The molecule has 19 heavy (non-hydrogen) atoms. The molecule has 2 aromatic carbocycles. The van der Waals surface area contributed by atoms with Gasteiger partial charge in [-0.15, -0.1) is 0 Å². The van der Waals surface area contributed by atoms with E-state index in [9.17, 15) is 0 Å². The molecule has 0 bridgehead atoms. The van der Waals surface area contributed by atoms with Crippen molar-refractivity contribution in [1.29, 1.82) is 0 Å². The lowest BCUT2D eigenvalue weighted by Gasteiger charge is -2.03. The minimum Gasteiger partial charge on any atom is -0.425 e. The summed E-state index contributed by atoms with van der Waals surface area (Å²) in [6.45, 7) is 0. The van der Waals surface area contributed by atoms with Crippen LogP contribution in [-0.4, -0.2) is 0 Å². The van der Waals surface area contributed by atoms with Crippen molar-refractivity contribution in [3.8, 4) is 0 Å². The molecule has 0 radical (unpaired) electrons. The van der Waals surface area contributed by atoms with Gasteiger partial charge in [-0.1, -0.05) is 36.4 Å². The zero-order chi connectivity index (χ0) is 12.9. The zero-order valence-corrected chi connectivity index (χ0v) is 10.3. The molecule has 0 aliphatic heterocycles. The Morgan fingerprint density at radius 2 is 0.947 bits per heavy atom. The fourth-order valence-corrected chi connectivity index (χ4v) is 1.80. The van der Waals surface area contributed by atoms with Crippen molar-refractivity contribution in [3.63, 3.8) is 0 Å². The predicted octanol–water partition coefficient (Wildman–Crippen LogP) is 4.77. The van der Waals surface area contributed by atoms with Crippen LogP contribution in [-0.2, 0) is 0 Å². The van der Waals surface area contributed by atoms with Crippen LogP contribution in [0.4, 0.5) is 23.1 Å². The lowest BCUT2D eigenvalue weighted by molar-refractivity contribution is 0.603. The van der Waals surface area contributed by atoms with Crippen molar-refractivity contribution < 1.29 is 4.42 Å². The normalized spacial score (nSPS) is 10.1. The number of nitrogens with one attached hydrogen (secondary N) is 2. The maximum absolute atomic E-state index is 5.67. The maximum atomic E-state index is 5.67. The van der Waals surface area contributed by atoms with Crippen LogP contribution < -0.4 is 10.6 Å². The van der Waals surface area contributed by atoms with Crippen molar-refractivity contribution in [2.45, 2.75) is 0 Å². The van der Waals surface area contributed by atoms with Crippen LogP contribution in [0.3, 0.4) is 0 Å². The summed E-state index contributed by atoms with van der Waals surface area (Å²) in [5.74, 6) is 1.43. The Morgan fingerprint density at radius 1 is 0.526 bits per heavy atom. The molecule has 0 saturated heterocycles. The Balaban J connectivity index is 1.70. The Labute approximate surface area is 111 Å². The fraction of sp³-hybridized carbons (Fsp3) is 0. The Bertz CT molecular complexity index is 576. The van der Waals surface area contributed by atoms with Crippen molar-refractivity contribution in [2.75, 3.05) is 10.6 Å². The van der Waals surface area contributed by atoms with Crippen molar-refractivity contribution >= 4 is 23.1 Å². The quantitative estimate of drug-likeness (QED) is 0.700. The minimum absolute atomic E-state index is 0.713. The second kappa shape index (κ2) is 5.31. The van der Waals surface area contributed by atoms with Crippen LogP contribution in [0.5, 0.6) is 0 Å². The van der Waals surface area contributed by atoms with E-state index in [2.05, 4.69) is 10.6 Å². The molecule has 0 unspecified atom stereocenters. The lowest BCUT2D eigenvalue weighted by atomic mass is 10.3. The summed E-state index contributed by atoms with van der Waals surface area (Å²) in [7, 11) is 0. The van der Waals surface area contributed by atoms with Gasteiger partial charge in [0.15, 0.2) is 11.8 Å². The second-order valence-corrected chi connectivity index (χ2v) is 4.15. The van der Waals surface area contributed by atoms with E-state index in [1.54, 1.807) is 0 Å². The molecule has 0 atom stereocenters. The first kappa shape index (κ1) is 11.4. The molecule has 0 aliphatic carbocycles. The van der Waals surface area contributed by atoms with Crippen LogP contribution in [0.2, 0.25) is 0 Å². The number of rotatable bonds is 4. The van der Waals surface area contributed by atoms with Gasteiger partial charge >= 0.3 is 0 Å². The number of para-hydroxylation sites is 2. The molecule has 2 N–H and O–H groups in total. The third-order valence-corrected chi connectivity index (χ3v) is 2.69. The molecule has 94 valence electrons. The summed E-state index contributed by atoms with van der Waals surface area (Å²) in [5, 5.41) is 6.41. The molecule has 1 heterocycles. The highest BCUT2D eigenvalue weighted by Crippen LogP contribution is 2.24. The van der Waals surface area contributed by atoms with E-state index in [1.807, 2.05) is 72.8 Å². The Hall–Kier alpha value is -2.68. The fourth-order valence-electron chi connectivity index (χ4n) is 1.80. The summed E-state index contributed by atoms with van der Waals surface area (Å²) in [6, 6.07) is 23.7. The van der Waals surface area contributed by atoms with E-state index in [0.717, 1.165) is 11.4 Å². The summed E-state index contributed by atoms with van der Waals surface area (Å²) < 4.78 is 5.67. The molecule has 1 aromatic heterocycles. The molecule has 0 amide bonds. The summed E-state index contributed by atoms with van der Waals surface area (Å²) in [4.78, 5) is 0. The topological polar surface area (TPSA) is 37.2 Å². The molecule has 3 aromatic rings. The Kier molecular flexibility index (Phi) is 3.19. The van der Waals surface area contributed by atoms with Gasteiger partial charge in [-0.25, -0.2) is 0 Å². The molecular weight excluding hydrogens is 236 g/mol. The number of benzene rings is 2. The predicted molar refractivity (Wildman–Crippen MR) is 78.2 cm³/mol. The van der Waals surface area contributed by atoms with Gasteiger partial charge in [-0.3, -0.25) is 0 Å². The summed E-state index contributed by atoms with van der Waals surface area (Å²) in [6.07, 6.45) is 0. The smallest absolute Gasteiger partial charge is 0.199 e. The third-order valence-electron chi connectivity index (χ3n) is 2.69. The number of anilines is 4. The molecule has 3 nitrogen and oxygen atoms in total. The van der Waals surface area contributed by atoms with Crippen molar-refractivity contribution in [3.05, 3.63) is 72.8 Å².